The quantitative estimate of drug-likeness (QED) is 0.165. The molecule has 0 bridgehead atoms. The van der Waals surface area contributed by atoms with Crippen LogP contribution in [0.15, 0.2) is 80.6 Å². The molecular formula is C24H16Br2N2O5S. The zero-order chi connectivity index (χ0) is 24.2. The van der Waals surface area contributed by atoms with Crippen molar-refractivity contribution in [2.24, 2.45) is 0 Å². The van der Waals surface area contributed by atoms with E-state index in [9.17, 15) is 19.7 Å². The van der Waals surface area contributed by atoms with Crippen molar-refractivity contribution in [1.82, 2.24) is 4.90 Å². The first-order valence-corrected chi connectivity index (χ1v) is 12.4. The Morgan fingerprint density at radius 2 is 1.71 bits per heavy atom. The first-order valence-electron chi connectivity index (χ1n) is 9.95. The molecule has 4 rings (SSSR count). The number of non-ortho nitro benzene ring substituents is 1. The third-order valence-corrected chi connectivity index (χ3v) is 6.83. The summed E-state index contributed by atoms with van der Waals surface area (Å²) >= 11 is 7.67. The monoisotopic (exact) mass is 602 g/mol. The van der Waals surface area contributed by atoms with Crippen molar-refractivity contribution in [2.75, 3.05) is 0 Å². The van der Waals surface area contributed by atoms with Gasteiger partial charge in [0.25, 0.3) is 16.8 Å². The first-order chi connectivity index (χ1) is 16.3. The van der Waals surface area contributed by atoms with Gasteiger partial charge in [-0.3, -0.25) is 24.6 Å². The van der Waals surface area contributed by atoms with E-state index in [0.717, 1.165) is 26.3 Å². The molecule has 34 heavy (non-hydrogen) atoms. The van der Waals surface area contributed by atoms with Gasteiger partial charge in [-0.05, 0) is 59.3 Å². The van der Waals surface area contributed by atoms with Crippen molar-refractivity contribution in [3.8, 4) is 5.75 Å². The Balaban J connectivity index is 1.54. The number of rotatable bonds is 7. The molecule has 1 heterocycles. The van der Waals surface area contributed by atoms with E-state index >= 15 is 0 Å². The second-order valence-corrected chi connectivity index (χ2v) is 10.1. The highest BCUT2D eigenvalue weighted by atomic mass is 79.9. The Kier molecular flexibility index (Phi) is 7.50. The fourth-order valence-corrected chi connectivity index (χ4v) is 4.71. The van der Waals surface area contributed by atoms with Gasteiger partial charge in [-0.1, -0.05) is 56.1 Å². The maximum absolute atomic E-state index is 13.0. The van der Waals surface area contributed by atoms with Crippen LogP contribution >= 0.6 is 43.6 Å². The molecule has 0 N–H and O–H groups in total. The van der Waals surface area contributed by atoms with Crippen LogP contribution in [0.2, 0.25) is 0 Å². The van der Waals surface area contributed by atoms with Crippen molar-refractivity contribution in [3.05, 3.63) is 107 Å². The molecule has 10 heteroatoms. The summed E-state index contributed by atoms with van der Waals surface area (Å²) < 4.78 is 7.60. The van der Waals surface area contributed by atoms with Crippen LogP contribution < -0.4 is 4.74 Å². The second kappa shape index (κ2) is 10.5. The molecule has 0 aromatic heterocycles. The standard InChI is InChI=1S/C24H16Br2N2O5S/c25-18-6-4-15(5-7-18)13-27-23(29)22(34-24(27)30)12-17-11-19(26)8-9-21(17)33-14-16-2-1-3-20(10-16)28(31)32/h1-12H,13-14H2/b22-12-. The van der Waals surface area contributed by atoms with Crippen molar-refractivity contribution in [1.29, 1.82) is 0 Å². The average Bonchev–Trinajstić information content (AvgIpc) is 3.07. The van der Waals surface area contributed by atoms with Gasteiger partial charge >= 0.3 is 0 Å². The van der Waals surface area contributed by atoms with Crippen molar-refractivity contribution < 1.29 is 19.2 Å². The van der Waals surface area contributed by atoms with Crippen LogP contribution in [0.1, 0.15) is 16.7 Å². The number of amides is 2. The predicted octanol–water partition coefficient (Wildman–Crippen LogP) is 6.94. The SMILES string of the molecule is O=C1S/C(=C\c2cc(Br)ccc2OCc2cccc([N+](=O)[O-])c2)C(=O)N1Cc1ccc(Br)cc1. The lowest BCUT2D eigenvalue weighted by Gasteiger charge is -2.12. The van der Waals surface area contributed by atoms with E-state index in [0.29, 0.717) is 21.8 Å². The van der Waals surface area contributed by atoms with E-state index in [1.807, 2.05) is 24.3 Å². The number of thioether (sulfide) groups is 1. The van der Waals surface area contributed by atoms with Crippen molar-refractivity contribution >= 4 is 66.5 Å². The largest absolute Gasteiger partial charge is 0.488 e. The highest BCUT2D eigenvalue weighted by Crippen LogP contribution is 2.36. The molecule has 1 saturated heterocycles. The summed E-state index contributed by atoms with van der Waals surface area (Å²) in [6, 6.07) is 18.9. The van der Waals surface area contributed by atoms with Crippen LogP contribution in [0.3, 0.4) is 0 Å². The summed E-state index contributed by atoms with van der Waals surface area (Å²) in [5.74, 6) is 0.108. The summed E-state index contributed by atoms with van der Waals surface area (Å²) in [6.45, 7) is 0.291. The number of benzene rings is 3. The molecule has 0 atom stereocenters. The normalized spacial score (nSPS) is 14.6. The highest BCUT2D eigenvalue weighted by molar-refractivity contribution is 9.10. The smallest absolute Gasteiger partial charge is 0.293 e. The lowest BCUT2D eigenvalue weighted by molar-refractivity contribution is -0.384. The number of hydrogen-bond donors (Lipinski definition) is 0. The van der Waals surface area contributed by atoms with Gasteiger partial charge < -0.3 is 4.74 Å². The lowest BCUT2D eigenvalue weighted by Crippen LogP contribution is -2.27. The predicted molar refractivity (Wildman–Crippen MR) is 137 cm³/mol. The minimum absolute atomic E-state index is 0.0171. The van der Waals surface area contributed by atoms with Gasteiger partial charge in [-0.2, -0.15) is 0 Å². The van der Waals surface area contributed by atoms with E-state index < -0.39 is 4.92 Å². The number of carbonyl (C=O) groups excluding carboxylic acids is 2. The Bertz CT molecular complexity index is 1310. The van der Waals surface area contributed by atoms with Gasteiger partial charge in [-0.25, -0.2) is 0 Å². The lowest BCUT2D eigenvalue weighted by atomic mass is 10.1. The topological polar surface area (TPSA) is 89.7 Å². The number of hydrogen-bond acceptors (Lipinski definition) is 6. The molecule has 0 spiro atoms. The Hall–Kier alpha value is -2.95. The van der Waals surface area contributed by atoms with Crippen LogP contribution in [0.4, 0.5) is 10.5 Å². The van der Waals surface area contributed by atoms with Crippen LogP contribution in [0.25, 0.3) is 6.08 Å². The maximum Gasteiger partial charge on any atom is 0.293 e. The van der Waals surface area contributed by atoms with Crippen molar-refractivity contribution in [2.45, 2.75) is 13.2 Å². The first kappa shape index (κ1) is 24.2. The molecule has 1 aliphatic rings. The molecule has 0 aliphatic carbocycles. The van der Waals surface area contributed by atoms with Gasteiger partial charge in [0.05, 0.1) is 16.4 Å². The zero-order valence-corrected chi connectivity index (χ0v) is 21.4. The molecule has 0 radical (unpaired) electrons. The number of nitro benzene ring substituents is 1. The zero-order valence-electron chi connectivity index (χ0n) is 17.4. The maximum atomic E-state index is 13.0. The number of nitrogens with zero attached hydrogens (tertiary/aromatic N) is 2. The number of halogens is 2. The van der Waals surface area contributed by atoms with Gasteiger partial charge in [0.2, 0.25) is 0 Å². The Morgan fingerprint density at radius 1 is 0.971 bits per heavy atom. The summed E-state index contributed by atoms with van der Waals surface area (Å²) in [4.78, 5) is 37.5. The molecule has 3 aromatic carbocycles. The van der Waals surface area contributed by atoms with Crippen LogP contribution in [-0.4, -0.2) is 21.0 Å². The summed E-state index contributed by atoms with van der Waals surface area (Å²) in [6.07, 6.45) is 1.63. The van der Waals surface area contributed by atoms with Crippen molar-refractivity contribution in [3.63, 3.8) is 0 Å². The molecule has 1 aliphatic heterocycles. The number of ether oxygens (including phenoxy) is 1. The van der Waals surface area contributed by atoms with Gasteiger partial charge in [-0.15, -0.1) is 0 Å². The fraction of sp³-hybridized carbons (Fsp3) is 0.0833. The average molecular weight is 604 g/mol. The molecule has 0 saturated carbocycles. The molecular weight excluding hydrogens is 588 g/mol. The number of imide groups is 1. The number of nitro groups is 1. The molecule has 172 valence electrons. The summed E-state index contributed by atoms with van der Waals surface area (Å²) in [5.41, 5.74) is 2.07. The van der Waals surface area contributed by atoms with Crippen LogP contribution in [0, 0.1) is 10.1 Å². The summed E-state index contributed by atoms with van der Waals surface area (Å²) in [7, 11) is 0. The molecule has 7 nitrogen and oxygen atoms in total. The molecule has 1 fully saturated rings. The Labute approximate surface area is 216 Å². The number of carbonyl (C=O) groups is 2. The minimum atomic E-state index is -0.459. The third kappa shape index (κ3) is 5.75. The second-order valence-electron chi connectivity index (χ2n) is 7.29. The van der Waals surface area contributed by atoms with Gasteiger partial charge in [0.15, 0.2) is 0 Å². The Morgan fingerprint density at radius 3 is 2.44 bits per heavy atom. The van der Waals surface area contributed by atoms with Crippen LogP contribution in [-0.2, 0) is 17.9 Å². The third-order valence-electron chi connectivity index (χ3n) is 4.90. The van der Waals surface area contributed by atoms with Crippen LogP contribution in [0.5, 0.6) is 5.75 Å². The molecule has 2 amide bonds. The van der Waals surface area contributed by atoms with Gasteiger partial charge in [0, 0.05) is 26.6 Å². The van der Waals surface area contributed by atoms with E-state index in [1.54, 1.807) is 36.4 Å². The summed E-state index contributed by atoms with van der Waals surface area (Å²) in [5, 5.41) is 10.7. The van der Waals surface area contributed by atoms with E-state index in [2.05, 4.69) is 31.9 Å². The highest BCUT2D eigenvalue weighted by Gasteiger charge is 2.35. The molecule has 3 aromatic rings. The fourth-order valence-electron chi connectivity index (χ4n) is 3.23. The van der Waals surface area contributed by atoms with E-state index in [4.69, 9.17) is 4.74 Å². The molecule has 0 unspecified atom stereocenters. The minimum Gasteiger partial charge on any atom is -0.488 e. The van der Waals surface area contributed by atoms with E-state index in [-0.39, 0.29) is 30.0 Å². The van der Waals surface area contributed by atoms with Gasteiger partial charge in [0.1, 0.15) is 12.4 Å². The van der Waals surface area contributed by atoms with E-state index in [1.165, 1.54) is 17.0 Å².